The number of rotatable bonds is 8. The van der Waals surface area contributed by atoms with Crippen molar-refractivity contribution in [1.29, 1.82) is 0 Å². The molecule has 6 nitrogen and oxygen atoms in total. The number of halogens is 2. The van der Waals surface area contributed by atoms with Gasteiger partial charge in [0.15, 0.2) is 0 Å². The molecule has 2 heterocycles. The molecule has 2 atom stereocenters. The van der Waals surface area contributed by atoms with E-state index in [1.807, 2.05) is 13.8 Å². The average molecular weight is 435 g/mol. The Bertz CT molecular complexity index is 863. The van der Waals surface area contributed by atoms with E-state index in [1.165, 1.54) is 18.3 Å². The van der Waals surface area contributed by atoms with Gasteiger partial charge in [-0.15, -0.1) is 0 Å². The quantitative estimate of drug-likeness (QED) is 0.654. The van der Waals surface area contributed by atoms with Crippen molar-refractivity contribution in [3.8, 4) is 5.88 Å². The molecule has 1 aliphatic heterocycles. The molecule has 0 radical (unpaired) electrons. The van der Waals surface area contributed by atoms with E-state index in [4.69, 9.17) is 16.3 Å². The zero-order valence-electron chi connectivity index (χ0n) is 17.5. The topological polar surface area (TPSA) is 66.5 Å². The third-order valence-corrected chi connectivity index (χ3v) is 5.32. The lowest BCUT2D eigenvalue weighted by Crippen LogP contribution is -2.32. The predicted octanol–water partition coefficient (Wildman–Crippen LogP) is 4.12. The van der Waals surface area contributed by atoms with Gasteiger partial charge >= 0.3 is 0 Å². The number of benzene rings is 1. The summed E-state index contributed by atoms with van der Waals surface area (Å²) in [6.45, 7) is 4.41. The molecule has 1 saturated heterocycles. The molecular formula is C22H28ClFN4O2. The number of hydrazine groups is 1. The number of hydrogen-bond acceptors (Lipinski definition) is 5. The predicted molar refractivity (Wildman–Crippen MR) is 115 cm³/mol. The van der Waals surface area contributed by atoms with Gasteiger partial charge < -0.3 is 9.64 Å². The number of nitrogens with one attached hydrogen (secondary N) is 2. The Morgan fingerprint density at radius 1 is 1.33 bits per heavy atom. The first-order valence-corrected chi connectivity index (χ1v) is 10.6. The van der Waals surface area contributed by atoms with E-state index >= 15 is 0 Å². The van der Waals surface area contributed by atoms with Crippen molar-refractivity contribution in [2.75, 3.05) is 13.6 Å². The van der Waals surface area contributed by atoms with Crippen molar-refractivity contribution in [1.82, 2.24) is 20.7 Å². The summed E-state index contributed by atoms with van der Waals surface area (Å²) >= 11 is 6.19. The Balaban J connectivity index is 1.45. The minimum atomic E-state index is -0.229. The van der Waals surface area contributed by atoms with Gasteiger partial charge in [-0.25, -0.2) is 9.37 Å². The number of pyridine rings is 1. The van der Waals surface area contributed by atoms with Crippen molar-refractivity contribution in [2.45, 2.75) is 51.3 Å². The van der Waals surface area contributed by atoms with E-state index in [2.05, 4.69) is 15.8 Å². The van der Waals surface area contributed by atoms with Gasteiger partial charge in [0.2, 0.25) is 5.88 Å². The molecular weight excluding hydrogens is 407 g/mol. The maximum atomic E-state index is 13.1. The van der Waals surface area contributed by atoms with Gasteiger partial charge in [0.05, 0.1) is 11.7 Å². The van der Waals surface area contributed by atoms with Crippen molar-refractivity contribution < 1.29 is 13.9 Å². The lowest BCUT2D eigenvalue weighted by Gasteiger charge is -2.19. The summed E-state index contributed by atoms with van der Waals surface area (Å²) in [5.74, 6) is -0.0175. The Labute approximate surface area is 181 Å². The summed E-state index contributed by atoms with van der Waals surface area (Å²) in [4.78, 5) is 18.5. The van der Waals surface area contributed by atoms with Crippen LogP contribution >= 0.6 is 11.6 Å². The monoisotopic (exact) mass is 434 g/mol. The molecule has 162 valence electrons. The van der Waals surface area contributed by atoms with Crippen LogP contribution in [-0.2, 0) is 0 Å². The minimum absolute atomic E-state index is 0.0411. The molecule has 2 unspecified atom stereocenters. The third-order valence-electron chi connectivity index (χ3n) is 5.05. The number of carbonyl (C=O) groups is 1. The summed E-state index contributed by atoms with van der Waals surface area (Å²) in [7, 11) is 1.77. The largest absolute Gasteiger partial charge is 0.474 e. The molecule has 0 aliphatic carbocycles. The van der Waals surface area contributed by atoms with Gasteiger partial charge in [-0.1, -0.05) is 23.7 Å². The molecule has 8 heteroatoms. The SMILES string of the molecule is CC(C)Oc1ncc(C(=O)N(C)CCCC2CC(c3ccc(F)cc3)NN2)cc1Cl. The molecule has 0 saturated carbocycles. The van der Waals surface area contributed by atoms with Crippen LogP contribution in [0.1, 0.15) is 55.1 Å². The van der Waals surface area contributed by atoms with Gasteiger partial charge in [0.25, 0.3) is 5.91 Å². The number of aromatic nitrogens is 1. The lowest BCUT2D eigenvalue weighted by atomic mass is 9.99. The second kappa shape index (κ2) is 10.2. The van der Waals surface area contributed by atoms with E-state index < -0.39 is 0 Å². The van der Waals surface area contributed by atoms with Crippen LogP contribution in [0, 0.1) is 5.82 Å². The lowest BCUT2D eigenvalue weighted by molar-refractivity contribution is 0.0791. The fourth-order valence-corrected chi connectivity index (χ4v) is 3.69. The standard InChI is InChI=1S/C22H28ClFN4O2/c1-14(2)30-21-19(23)11-16(13-25-21)22(29)28(3)10-4-5-18-12-20(27-26-18)15-6-8-17(24)9-7-15/h6-9,11,13-14,18,20,26-27H,4-5,10,12H2,1-3H3. The van der Waals surface area contributed by atoms with Crippen molar-refractivity contribution >= 4 is 17.5 Å². The smallest absolute Gasteiger partial charge is 0.255 e. The van der Waals surface area contributed by atoms with E-state index in [9.17, 15) is 9.18 Å². The molecule has 3 rings (SSSR count). The van der Waals surface area contributed by atoms with Gasteiger partial charge in [-0.05, 0) is 56.9 Å². The number of carbonyl (C=O) groups excluding carboxylic acids is 1. The van der Waals surface area contributed by atoms with Crippen LogP contribution in [-0.4, -0.2) is 41.5 Å². The van der Waals surface area contributed by atoms with Gasteiger partial charge in [-0.2, -0.15) is 0 Å². The molecule has 30 heavy (non-hydrogen) atoms. The number of ether oxygens (including phenoxy) is 1. The fourth-order valence-electron chi connectivity index (χ4n) is 3.47. The summed E-state index contributed by atoms with van der Waals surface area (Å²) in [5.41, 5.74) is 8.06. The van der Waals surface area contributed by atoms with E-state index in [1.54, 1.807) is 30.1 Å². The number of hydrogen-bond donors (Lipinski definition) is 2. The molecule has 1 aromatic heterocycles. The summed E-state index contributed by atoms with van der Waals surface area (Å²) in [5, 5.41) is 0.330. The molecule has 2 aromatic rings. The third kappa shape index (κ3) is 5.90. The summed E-state index contributed by atoms with van der Waals surface area (Å²) in [6, 6.07) is 8.63. The number of nitrogens with zero attached hydrogens (tertiary/aromatic N) is 2. The fraction of sp³-hybridized carbons (Fsp3) is 0.455. The van der Waals surface area contributed by atoms with E-state index in [0.717, 1.165) is 24.8 Å². The highest BCUT2D eigenvalue weighted by molar-refractivity contribution is 6.32. The maximum absolute atomic E-state index is 13.1. The van der Waals surface area contributed by atoms with E-state index in [0.29, 0.717) is 29.1 Å². The zero-order valence-corrected chi connectivity index (χ0v) is 18.2. The first kappa shape index (κ1) is 22.5. The maximum Gasteiger partial charge on any atom is 0.255 e. The Morgan fingerprint density at radius 3 is 2.73 bits per heavy atom. The number of amides is 1. The van der Waals surface area contributed by atoms with E-state index in [-0.39, 0.29) is 23.9 Å². The second-order valence-corrected chi connectivity index (χ2v) is 8.28. The van der Waals surface area contributed by atoms with Crippen molar-refractivity contribution in [2.24, 2.45) is 0 Å². The summed E-state index contributed by atoms with van der Waals surface area (Å²) < 4.78 is 18.6. The van der Waals surface area contributed by atoms with Crippen molar-refractivity contribution in [3.63, 3.8) is 0 Å². The van der Waals surface area contributed by atoms with Gasteiger partial charge in [0.1, 0.15) is 10.8 Å². The summed E-state index contributed by atoms with van der Waals surface area (Å²) in [6.07, 6.45) is 4.15. The van der Waals surface area contributed by atoms with Crippen LogP contribution in [0.15, 0.2) is 36.5 Å². The first-order valence-electron chi connectivity index (χ1n) is 10.2. The van der Waals surface area contributed by atoms with Crippen LogP contribution in [0.3, 0.4) is 0 Å². The van der Waals surface area contributed by atoms with Crippen LogP contribution in [0.25, 0.3) is 0 Å². The van der Waals surface area contributed by atoms with Crippen molar-refractivity contribution in [3.05, 3.63) is 58.5 Å². The highest BCUT2D eigenvalue weighted by Crippen LogP contribution is 2.25. The Hall–Kier alpha value is -2.22. The molecule has 1 aromatic carbocycles. The molecule has 1 aliphatic rings. The molecule has 1 amide bonds. The first-order chi connectivity index (χ1) is 14.3. The molecule has 2 N–H and O–H groups in total. The highest BCUT2D eigenvalue weighted by Gasteiger charge is 2.25. The Kier molecular flexibility index (Phi) is 7.64. The average Bonchev–Trinajstić information content (AvgIpc) is 3.18. The van der Waals surface area contributed by atoms with Crippen LogP contribution in [0.5, 0.6) is 5.88 Å². The minimum Gasteiger partial charge on any atom is -0.474 e. The normalized spacial score (nSPS) is 18.6. The second-order valence-electron chi connectivity index (χ2n) is 7.87. The Morgan fingerprint density at radius 2 is 2.07 bits per heavy atom. The van der Waals surface area contributed by atoms with Crippen LogP contribution in [0.2, 0.25) is 5.02 Å². The van der Waals surface area contributed by atoms with Gasteiger partial charge in [0, 0.05) is 31.9 Å². The van der Waals surface area contributed by atoms with Crippen LogP contribution in [0.4, 0.5) is 4.39 Å². The zero-order chi connectivity index (χ0) is 21.7. The van der Waals surface area contributed by atoms with Gasteiger partial charge in [-0.3, -0.25) is 15.6 Å². The molecule has 1 fully saturated rings. The highest BCUT2D eigenvalue weighted by atomic mass is 35.5. The molecule has 0 bridgehead atoms. The van der Waals surface area contributed by atoms with Crippen LogP contribution < -0.4 is 15.6 Å². The molecule has 0 spiro atoms.